The molecule has 0 saturated carbocycles. The maximum atomic E-state index is 11.6. The maximum absolute atomic E-state index is 11.6. The monoisotopic (exact) mass is 385 g/mol. The molecule has 2 rings (SSSR count). The summed E-state index contributed by atoms with van der Waals surface area (Å²) >= 11 is 0. The van der Waals surface area contributed by atoms with Crippen LogP contribution in [0.25, 0.3) is 11.1 Å². The molecule has 2 aromatic rings. The molecule has 6 nitrogen and oxygen atoms in total. The van der Waals surface area contributed by atoms with Gasteiger partial charge in [0, 0.05) is 6.07 Å². The zero-order valence-corrected chi connectivity index (χ0v) is 16.6. The third-order valence-electron chi connectivity index (χ3n) is 4.73. The highest BCUT2D eigenvalue weighted by molar-refractivity contribution is 5.89. The summed E-state index contributed by atoms with van der Waals surface area (Å²) in [7, 11) is 0. The van der Waals surface area contributed by atoms with Crippen molar-refractivity contribution in [3.05, 3.63) is 57.6 Å². The highest BCUT2D eigenvalue weighted by atomic mass is 16.6. The van der Waals surface area contributed by atoms with E-state index in [1.54, 1.807) is 31.2 Å². The van der Waals surface area contributed by atoms with E-state index in [1.165, 1.54) is 18.6 Å². The number of carbonyl (C=O) groups is 1. The third kappa shape index (κ3) is 5.55. The van der Waals surface area contributed by atoms with Gasteiger partial charge in [0.05, 0.1) is 16.6 Å². The molecule has 1 N–H and O–H groups in total. The van der Waals surface area contributed by atoms with E-state index in [-0.39, 0.29) is 23.1 Å². The molecular formula is C22H27NO5. The number of nitrogens with zero attached hydrogens (tertiary/aromatic N) is 1. The molecule has 28 heavy (non-hydrogen) atoms. The number of aromatic carboxylic acids is 1. The Morgan fingerprint density at radius 3 is 2.54 bits per heavy atom. The van der Waals surface area contributed by atoms with Crippen LogP contribution in [0.4, 0.5) is 5.69 Å². The van der Waals surface area contributed by atoms with Crippen LogP contribution < -0.4 is 4.74 Å². The van der Waals surface area contributed by atoms with Gasteiger partial charge in [-0.25, -0.2) is 4.79 Å². The number of aryl methyl sites for hydroxylation is 1. The predicted octanol–water partition coefficient (Wildman–Crippen LogP) is 6.01. The summed E-state index contributed by atoms with van der Waals surface area (Å²) in [5, 5.41) is 20.7. The molecular weight excluding hydrogens is 358 g/mol. The first-order chi connectivity index (χ1) is 13.3. The Balaban J connectivity index is 2.23. The summed E-state index contributed by atoms with van der Waals surface area (Å²) < 4.78 is 5.84. The summed E-state index contributed by atoms with van der Waals surface area (Å²) in [6.45, 7) is 5.87. The number of hydrogen-bond acceptors (Lipinski definition) is 4. The Bertz CT molecular complexity index is 847. The van der Waals surface area contributed by atoms with Gasteiger partial charge in [0.2, 0.25) is 0 Å². The lowest BCUT2D eigenvalue weighted by atomic mass is 9.98. The van der Waals surface area contributed by atoms with Crippen LogP contribution in [0.15, 0.2) is 36.4 Å². The molecule has 0 fully saturated rings. The van der Waals surface area contributed by atoms with Gasteiger partial charge in [-0.15, -0.1) is 0 Å². The van der Waals surface area contributed by atoms with Crippen LogP contribution in [0, 0.1) is 17.0 Å². The van der Waals surface area contributed by atoms with Crippen molar-refractivity contribution in [3.8, 4) is 16.9 Å². The summed E-state index contributed by atoms with van der Waals surface area (Å²) in [5.74, 6) is -0.742. The molecule has 0 heterocycles. The van der Waals surface area contributed by atoms with E-state index in [1.807, 2.05) is 6.92 Å². The van der Waals surface area contributed by atoms with Gasteiger partial charge in [-0.05, 0) is 61.6 Å². The number of nitro groups is 1. The van der Waals surface area contributed by atoms with Crippen molar-refractivity contribution in [3.63, 3.8) is 0 Å². The molecule has 2 aromatic carbocycles. The van der Waals surface area contributed by atoms with Crippen molar-refractivity contribution >= 4 is 11.7 Å². The van der Waals surface area contributed by atoms with Crippen LogP contribution in [-0.2, 0) is 0 Å². The van der Waals surface area contributed by atoms with Crippen LogP contribution >= 0.6 is 0 Å². The van der Waals surface area contributed by atoms with Crippen molar-refractivity contribution in [1.29, 1.82) is 0 Å². The van der Waals surface area contributed by atoms with E-state index in [9.17, 15) is 14.9 Å². The predicted molar refractivity (Wildman–Crippen MR) is 109 cm³/mol. The van der Waals surface area contributed by atoms with E-state index < -0.39 is 10.9 Å². The van der Waals surface area contributed by atoms with Crippen molar-refractivity contribution in [2.45, 2.75) is 59.0 Å². The SMILES string of the molecule is CCCCCCC(C)Oc1ccc(-c2ccc(C(=O)O)cc2C)cc1[N+](=O)[O-]. The number of carboxylic acid groups (broad SMARTS) is 1. The van der Waals surface area contributed by atoms with Crippen molar-refractivity contribution in [2.75, 3.05) is 0 Å². The van der Waals surface area contributed by atoms with E-state index in [2.05, 4.69) is 6.92 Å². The highest BCUT2D eigenvalue weighted by Gasteiger charge is 2.19. The van der Waals surface area contributed by atoms with E-state index in [0.717, 1.165) is 36.8 Å². The number of benzene rings is 2. The average Bonchev–Trinajstić information content (AvgIpc) is 2.65. The number of carboxylic acids is 1. The van der Waals surface area contributed by atoms with Gasteiger partial charge in [0.15, 0.2) is 5.75 Å². The third-order valence-corrected chi connectivity index (χ3v) is 4.73. The van der Waals surface area contributed by atoms with Gasteiger partial charge < -0.3 is 9.84 Å². The normalized spacial score (nSPS) is 11.8. The van der Waals surface area contributed by atoms with Crippen LogP contribution in [0.1, 0.15) is 61.9 Å². The molecule has 6 heteroatoms. The Morgan fingerprint density at radius 2 is 1.93 bits per heavy atom. The Kier molecular flexibility index (Phi) is 7.55. The highest BCUT2D eigenvalue weighted by Crippen LogP contribution is 2.34. The molecule has 0 aliphatic rings. The summed E-state index contributed by atoms with van der Waals surface area (Å²) in [6, 6.07) is 9.62. The molecule has 0 amide bonds. The standard InChI is InChI=1S/C22H27NO5/c1-4-5-6-7-8-16(3)28-21-12-10-17(14-20(21)23(26)27)19-11-9-18(22(24)25)13-15(19)2/h9-14,16H,4-8H2,1-3H3,(H,24,25). The number of rotatable bonds is 10. The summed E-state index contributed by atoms with van der Waals surface area (Å²) in [6.07, 6.45) is 5.27. The quantitative estimate of drug-likeness (QED) is 0.307. The first kappa shape index (κ1) is 21.4. The smallest absolute Gasteiger partial charge is 0.335 e. The molecule has 1 unspecified atom stereocenters. The molecule has 0 spiro atoms. The van der Waals surface area contributed by atoms with Crippen LogP contribution in [0.2, 0.25) is 0 Å². The van der Waals surface area contributed by atoms with E-state index >= 15 is 0 Å². The zero-order valence-electron chi connectivity index (χ0n) is 16.6. The van der Waals surface area contributed by atoms with Gasteiger partial charge in [0.25, 0.3) is 0 Å². The van der Waals surface area contributed by atoms with Crippen molar-refractivity contribution in [2.24, 2.45) is 0 Å². The minimum atomic E-state index is -1.00. The Hall–Kier alpha value is -2.89. The van der Waals surface area contributed by atoms with Gasteiger partial charge in [-0.1, -0.05) is 38.3 Å². The minimum absolute atomic E-state index is 0.0837. The molecule has 0 radical (unpaired) electrons. The molecule has 0 bridgehead atoms. The second-order valence-corrected chi connectivity index (χ2v) is 7.05. The van der Waals surface area contributed by atoms with E-state index in [4.69, 9.17) is 9.84 Å². The van der Waals surface area contributed by atoms with Gasteiger partial charge >= 0.3 is 11.7 Å². The van der Waals surface area contributed by atoms with Crippen molar-refractivity contribution < 1.29 is 19.6 Å². The number of ether oxygens (including phenoxy) is 1. The van der Waals surface area contributed by atoms with Gasteiger partial charge in [-0.3, -0.25) is 10.1 Å². The fourth-order valence-electron chi connectivity index (χ4n) is 3.18. The van der Waals surface area contributed by atoms with Gasteiger partial charge in [-0.2, -0.15) is 0 Å². The average molecular weight is 385 g/mol. The Labute approximate surface area is 165 Å². The van der Waals surface area contributed by atoms with Crippen LogP contribution in [0.3, 0.4) is 0 Å². The summed E-state index contributed by atoms with van der Waals surface area (Å²) in [4.78, 5) is 22.2. The summed E-state index contributed by atoms with van der Waals surface area (Å²) in [5.41, 5.74) is 2.26. The number of unbranched alkanes of at least 4 members (excludes halogenated alkanes) is 3. The second-order valence-electron chi connectivity index (χ2n) is 7.05. The fourth-order valence-corrected chi connectivity index (χ4v) is 3.18. The molecule has 1 atom stereocenters. The van der Waals surface area contributed by atoms with Crippen LogP contribution in [-0.4, -0.2) is 22.1 Å². The first-order valence-electron chi connectivity index (χ1n) is 9.63. The number of nitro benzene ring substituents is 1. The minimum Gasteiger partial charge on any atom is -0.484 e. The van der Waals surface area contributed by atoms with Crippen LogP contribution in [0.5, 0.6) is 5.75 Å². The largest absolute Gasteiger partial charge is 0.484 e. The van der Waals surface area contributed by atoms with Gasteiger partial charge in [0.1, 0.15) is 0 Å². The molecule has 150 valence electrons. The first-order valence-corrected chi connectivity index (χ1v) is 9.63. The lowest BCUT2D eigenvalue weighted by Crippen LogP contribution is -2.12. The zero-order chi connectivity index (χ0) is 20.7. The van der Waals surface area contributed by atoms with E-state index in [0.29, 0.717) is 5.56 Å². The Morgan fingerprint density at radius 1 is 1.18 bits per heavy atom. The van der Waals surface area contributed by atoms with Crippen molar-refractivity contribution in [1.82, 2.24) is 0 Å². The fraction of sp³-hybridized carbons (Fsp3) is 0.409. The molecule has 0 saturated heterocycles. The maximum Gasteiger partial charge on any atom is 0.335 e. The molecule has 0 aliphatic heterocycles. The number of hydrogen-bond donors (Lipinski definition) is 1. The topological polar surface area (TPSA) is 89.7 Å². The lowest BCUT2D eigenvalue weighted by Gasteiger charge is -2.15. The molecule has 0 aromatic heterocycles. The lowest BCUT2D eigenvalue weighted by molar-refractivity contribution is -0.386. The second kappa shape index (κ2) is 9.88. The molecule has 0 aliphatic carbocycles.